The van der Waals surface area contributed by atoms with Crippen molar-refractivity contribution in [2.75, 3.05) is 0 Å². The lowest BCUT2D eigenvalue weighted by Crippen LogP contribution is -2.28. The van der Waals surface area contributed by atoms with E-state index in [9.17, 15) is 22.4 Å². The number of aromatic nitrogens is 2. The maximum Gasteiger partial charge on any atom is 0.272 e. The van der Waals surface area contributed by atoms with E-state index >= 15 is 0 Å². The molecule has 3 aromatic carbocycles. The van der Waals surface area contributed by atoms with Crippen LogP contribution in [0.2, 0.25) is 0 Å². The fourth-order valence-electron chi connectivity index (χ4n) is 3.29. The van der Waals surface area contributed by atoms with E-state index in [-0.39, 0.29) is 29.2 Å². The molecule has 1 aromatic heterocycles. The van der Waals surface area contributed by atoms with Crippen molar-refractivity contribution >= 4 is 15.9 Å². The van der Waals surface area contributed by atoms with Crippen LogP contribution in [0.4, 0.5) is 4.39 Å². The topological polar surface area (TPSA) is 110 Å². The Kier molecular flexibility index (Phi) is 7.14. The number of nitrogens with one attached hydrogen (secondary N) is 2. The van der Waals surface area contributed by atoms with E-state index in [1.807, 2.05) is 0 Å². The molecule has 0 atom stereocenters. The van der Waals surface area contributed by atoms with Gasteiger partial charge in [-0.1, -0.05) is 42.5 Å². The second kappa shape index (κ2) is 10.4. The van der Waals surface area contributed by atoms with Crippen LogP contribution in [0.5, 0.6) is 0 Å². The van der Waals surface area contributed by atoms with Crippen LogP contribution < -0.4 is 15.6 Å². The number of benzene rings is 3. The molecule has 0 fully saturated rings. The number of hydrogen-bond donors (Lipinski definition) is 2. The molecular formula is C25H21FN4O4S. The van der Waals surface area contributed by atoms with E-state index in [4.69, 9.17) is 0 Å². The predicted molar refractivity (Wildman–Crippen MR) is 128 cm³/mol. The number of hydrogen-bond acceptors (Lipinski definition) is 5. The minimum Gasteiger partial charge on any atom is -0.347 e. The van der Waals surface area contributed by atoms with Crippen molar-refractivity contribution in [3.8, 4) is 5.69 Å². The second-order valence-electron chi connectivity index (χ2n) is 7.59. The lowest BCUT2D eigenvalue weighted by Gasteiger charge is -2.10. The summed E-state index contributed by atoms with van der Waals surface area (Å²) in [5, 5.41) is 6.81. The molecule has 4 aromatic rings. The molecular weight excluding hydrogens is 471 g/mol. The molecule has 0 saturated carbocycles. The molecule has 10 heteroatoms. The number of nitrogens with zero attached hydrogens (tertiary/aromatic N) is 2. The average Bonchev–Trinajstić information content (AvgIpc) is 2.87. The van der Waals surface area contributed by atoms with Gasteiger partial charge in [0.2, 0.25) is 10.0 Å². The molecule has 0 bridgehead atoms. The maximum atomic E-state index is 13.3. The molecule has 1 heterocycles. The fraction of sp³-hybridized carbons (Fsp3) is 0.0800. The lowest BCUT2D eigenvalue weighted by molar-refractivity contribution is 0.0944. The van der Waals surface area contributed by atoms with Crippen molar-refractivity contribution in [1.82, 2.24) is 19.8 Å². The number of para-hydroxylation sites is 1. The highest BCUT2D eigenvalue weighted by Gasteiger charge is 2.15. The van der Waals surface area contributed by atoms with E-state index < -0.39 is 21.7 Å². The predicted octanol–water partition coefficient (Wildman–Crippen LogP) is 2.78. The minimum absolute atomic E-state index is 0.0106. The first-order valence-electron chi connectivity index (χ1n) is 10.6. The molecule has 0 unspecified atom stereocenters. The van der Waals surface area contributed by atoms with Crippen molar-refractivity contribution in [2.45, 2.75) is 18.0 Å². The van der Waals surface area contributed by atoms with Crippen LogP contribution >= 0.6 is 0 Å². The van der Waals surface area contributed by atoms with E-state index in [2.05, 4.69) is 15.1 Å². The molecule has 0 aliphatic heterocycles. The molecule has 0 aliphatic rings. The standard InChI is InChI=1S/C25H21FN4O4S/c26-20-8-4-6-18(14-20)17-28-35(33,34)22-11-5-7-19(15-22)16-27-25(32)23-12-13-24(31)30(29-23)21-9-2-1-3-10-21/h1-15,28H,16-17H2,(H,27,32). The summed E-state index contributed by atoms with van der Waals surface area (Å²) in [5.41, 5.74) is 1.21. The fourth-order valence-corrected chi connectivity index (χ4v) is 4.38. The zero-order valence-corrected chi connectivity index (χ0v) is 19.2. The zero-order chi connectivity index (χ0) is 24.8. The highest BCUT2D eigenvalue weighted by Crippen LogP contribution is 2.13. The Morgan fingerprint density at radius 1 is 0.857 bits per heavy atom. The SMILES string of the molecule is O=C(NCc1cccc(S(=O)(=O)NCc2cccc(F)c2)c1)c1ccc(=O)n(-c2ccccc2)n1. The normalized spacial score (nSPS) is 11.2. The summed E-state index contributed by atoms with van der Waals surface area (Å²) in [6, 6.07) is 23.0. The lowest BCUT2D eigenvalue weighted by atomic mass is 10.2. The third-order valence-corrected chi connectivity index (χ3v) is 6.45. The van der Waals surface area contributed by atoms with E-state index in [0.717, 1.165) is 4.68 Å². The van der Waals surface area contributed by atoms with E-state index in [0.29, 0.717) is 16.8 Å². The maximum absolute atomic E-state index is 13.3. The van der Waals surface area contributed by atoms with Gasteiger partial charge in [0.15, 0.2) is 0 Å². The Hall–Kier alpha value is -4.15. The smallest absolute Gasteiger partial charge is 0.272 e. The van der Waals surface area contributed by atoms with Crippen molar-refractivity contribution < 1.29 is 17.6 Å². The summed E-state index contributed by atoms with van der Waals surface area (Å²) in [6.07, 6.45) is 0. The van der Waals surface area contributed by atoms with Gasteiger partial charge in [0.05, 0.1) is 10.6 Å². The van der Waals surface area contributed by atoms with Gasteiger partial charge in [0, 0.05) is 19.2 Å². The average molecular weight is 493 g/mol. The highest BCUT2D eigenvalue weighted by atomic mass is 32.2. The summed E-state index contributed by atoms with van der Waals surface area (Å²) in [4.78, 5) is 24.8. The van der Waals surface area contributed by atoms with E-state index in [1.165, 1.54) is 42.5 Å². The monoisotopic (exact) mass is 492 g/mol. The number of carbonyl (C=O) groups is 1. The van der Waals surface area contributed by atoms with Gasteiger partial charge in [-0.3, -0.25) is 9.59 Å². The van der Waals surface area contributed by atoms with Crippen LogP contribution in [-0.4, -0.2) is 24.1 Å². The summed E-state index contributed by atoms with van der Waals surface area (Å²) in [7, 11) is -3.86. The van der Waals surface area contributed by atoms with Crippen molar-refractivity contribution in [3.63, 3.8) is 0 Å². The Morgan fingerprint density at radius 2 is 1.57 bits per heavy atom. The van der Waals surface area contributed by atoms with Crippen LogP contribution in [0, 0.1) is 5.82 Å². The van der Waals surface area contributed by atoms with Crippen LogP contribution in [0.3, 0.4) is 0 Å². The number of sulfonamides is 1. The molecule has 178 valence electrons. The molecule has 0 saturated heterocycles. The molecule has 0 radical (unpaired) electrons. The molecule has 4 rings (SSSR count). The van der Waals surface area contributed by atoms with Crippen molar-refractivity contribution in [2.24, 2.45) is 0 Å². The first-order chi connectivity index (χ1) is 16.8. The Bertz CT molecular complexity index is 1520. The van der Waals surface area contributed by atoms with Gasteiger partial charge in [-0.15, -0.1) is 0 Å². The van der Waals surface area contributed by atoms with Gasteiger partial charge in [-0.25, -0.2) is 17.5 Å². The van der Waals surface area contributed by atoms with Crippen LogP contribution in [0.25, 0.3) is 5.69 Å². The quantitative estimate of drug-likeness (QED) is 0.393. The summed E-state index contributed by atoms with van der Waals surface area (Å²) < 4.78 is 42.2. The third-order valence-electron chi connectivity index (χ3n) is 5.05. The summed E-state index contributed by atoms with van der Waals surface area (Å²) in [5.74, 6) is -0.972. The number of halogens is 1. The zero-order valence-electron chi connectivity index (χ0n) is 18.4. The highest BCUT2D eigenvalue weighted by molar-refractivity contribution is 7.89. The molecule has 8 nitrogen and oxygen atoms in total. The molecule has 2 N–H and O–H groups in total. The molecule has 0 aliphatic carbocycles. The molecule has 35 heavy (non-hydrogen) atoms. The summed E-state index contributed by atoms with van der Waals surface area (Å²) >= 11 is 0. The Labute approximate surface area is 201 Å². The van der Waals surface area contributed by atoms with Crippen molar-refractivity contribution in [3.05, 3.63) is 124 Å². The number of carbonyl (C=O) groups excluding carboxylic acids is 1. The Balaban J connectivity index is 1.44. The van der Waals surface area contributed by atoms with Crippen LogP contribution in [0.15, 0.2) is 101 Å². The Morgan fingerprint density at radius 3 is 2.31 bits per heavy atom. The third kappa shape index (κ3) is 6.05. The van der Waals surface area contributed by atoms with Crippen LogP contribution in [-0.2, 0) is 23.1 Å². The first-order valence-corrected chi connectivity index (χ1v) is 12.1. The van der Waals surface area contributed by atoms with Gasteiger partial charge in [0.25, 0.3) is 11.5 Å². The van der Waals surface area contributed by atoms with Gasteiger partial charge in [-0.05, 0) is 53.6 Å². The summed E-state index contributed by atoms with van der Waals surface area (Å²) in [6.45, 7) is -0.0257. The second-order valence-corrected chi connectivity index (χ2v) is 9.36. The van der Waals surface area contributed by atoms with Gasteiger partial charge in [-0.2, -0.15) is 9.78 Å². The van der Waals surface area contributed by atoms with Gasteiger partial charge in [0.1, 0.15) is 11.5 Å². The van der Waals surface area contributed by atoms with Crippen LogP contribution in [0.1, 0.15) is 21.6 Å². The molecule has 0 spiro atoms. The molecule has 1 amide bonds. The number of amides is 1. The minimum atomic E-state index is -3.86. The van der Waals surface area contributed by atoms with Gasteiger partial charge < -0.3 is 5.32 Å². The first kappa shape index (κ1) is 24.0. The number of rotatable bonds is 8. The largest absolute Gasteiger partial charge is 0.347 e. The van der Waals surface area contributed by atoms with Crippen molar-refractivity contribution in [1.29, 1.82) is 0 Å². The van der Waals surface area contributed by atoms with E-state index in [1.54, 1.807) is 48.5 Å². The van der Waals surface area contributed by atoms with Gasteiger partial charge >= 0.3 is 0 Å².